The molecule has 47 heavy (non-hydrogen) atoms. The normalized spacial score (nSPS) is 14.4. The van der Waals surface area contributed by atoms with Crippen molar-refractivity contribution in [2.75, 3.05) is 10.2 Å². The number of nitrogens with one attached hydrogen (secondary N) is 1. The van der Waals surface area contributed by atoms with Crippen LogP contribution >= 0.6 is 11.3 Å². The average Bonchev–Trinajstić information content (AvgIpc) is 3.66. The van der Waals surface area contributed by atoms with Gasteiger partial charge in [0.1, 0.15) is 12.0 Å². The quantitative estimate of drug-likeness (QED) is 0.197. The highest BCUT2D eigenvalue weighted by atomic mass is 32.1. The van der Waals surface area contributed by atoms with E-state index in [1.54, 1.807) is 29.8 Å². The molecule has 1 atom stereocenters. The largest absolute Gasteiger partial charge is 0.359 e. The molecule has 1 aliphatic rings. The number of hydrogen-bond donors (Lipinski definition) is 1. The maximum absolute atomic E-state index is 15.6. The summed E-state index contributed by atoms with van der Waals surface area (Å²) in [5.74, 6) is -0.215. The third-order valence-electron chi connectivity index (χ3n) is 10.1. The molecular formula is C42H32FN3S. The molecule has 3 nitrogen and oxygen atoms in total. The fraction of sp³-hybridized carbons (Fsp3) is 0.119. The van der Waals surface area contributed by atoms with E-state index in [9.17, 15) is 0 Å². The van der Waals surface area contributed by atoms with E-state index < -0.39 is 0 Å². The molecule has 0 bridgehead atoms. The Morgan fingerprint density at radius 2 is 1.43 bits per heavy atom. The highest BCUT2D eigenvalue weighted by Crippen LogP contribution is 2.53. The number of pyridine rings is 1. The Balaban J connectivity index is 1.33. The van der Waals surface area contributed by atoms with Crippen molar-refractivity contribution >= 4 is 70.1 Å². The summed E-state index contributed by atoms with van der Waals surface area (Å²) in [6, 6.07) is 34.1. The molecule has 0 amide bonds. The molecule has 3 heterocycles. The number of aryl methyl sites for hydroxylation is 4. The van der Waals surface area contributed by atoms with E-state index in [-0.39, 0.29) is 12.0 Å². The van der Waals surface area contributed by atoms with Crippen molar-refractivity contribution in [3.8, 4) is 11.1 Å². The van der Waals surface area contributed by atoms with Gasteiger partial charge in [-0.2, -0.15) is 0 Å². The van der Waals surface area contributed by atoms with Gasteiger partial charge in [0.05, 0.1) is 11.4 Å². The van der Waals surface area contributed by atoms with Crippen molar-refractivity contribution < 1.29 is 4.39 Å². The zero-order chi connectivity index (χ0) is 32.0. The summed E-state index contributed by atoms with van der Waals surface area (Å²) in [5, 5.41) is 10.5. The molecule has 228 valence electrons. The first-order chi connectivity index (χ1) is 22.9. The minimum atomic E-state index is -0.251. The van der Waals surface area contributed by atoms with Gasteiger partial charge in [-0.3, -0.25) is 4.98 Å². The van der Waals surface area contributed by atoms with Crippen LogP contribution in [-0.4, -0.2) is 4.98 Å². The first-order valence-corrected chi connectivity index (χ1v) is 16.8. The summed E-state index contributed by atoms with van der Waals surface area (Å²) >= 11 is 1.64. The summed E-state index contributed by atoms with van der Waals surface area (Å²) < 4.78 is 17.6. The van der Waals surface area contributed by atoms with Crippen molar-refractivity contribution in [3.63, 3.8) is 0 Å². The molecule has 0 saturated carbocycles. The van der Waals surface area contributed by atoms with E-state index in [2.05, 4.69) is 122 Å². The van der Waals surface area contributed by atoms with Crippen molar-refractivity contribution in [3.05, 3.63) is 143 Å². The van der Waals surface area contributed by atoms with Crippen molar-refractivity contribution in [2.45, 2.75) is 33.9 Å². The van der Waals surface area contributed by atoms with E-state index in [0.29, 0.717) is 5.39 Å². The Bertz CT molecular complexity index is 2550. The second-order valence-electron chi connectivity index (χ2n) is 12.8. The van der Waals surface area contributed by atoms with Crippen LogP contribution in [0.5, 0.6) is 0 Å². The number of nitrogens with zero attached hydrogens (tertiary/aromatic N) is 2. The molecule has 0 spiro atoms. The van der Waals surface area contributed by atoms with E-state index in [1.807, 2.05) is 12.1 Å². The standard InChI is InChI=1S/C42H32FN3S/c1-23-18-28(27-10-6-5-7-11-27)19-24(2)40(23)46-37-21-32-26(4)25(3)29-12-8-9-13-30(29)33(32)20-36(37)45-42(46)31-14-15-35(43)39-34-22-44-17-16-38(34)47-41(31)39/h5-22,42,45H,1-4H3. The van der Waals surface area contributed by atoms with Crippen LogP contribution in [0.15, 0.2) is 109 Å². The molecule has 1 N–H and O–H groups in total. The zero-order valence-electron chi connectivity index (χ0n) is 26.7. The van der Waals surface area contributed by atoms with Crippen molar-refractivity contribution in [2.24, 2.45) is 0 Å². The molecule has 0 radical (unpaired) electrons. The lowest BCUT2D eigenvalue weighted by Gasteiger charge is -2.31. The maximum atomic E-state index is 15.6. The Hall–Kier alpha value is -5.26. The highest BCUT2D eigenvalue weighted by Gasteiger charge is 2.36. The Kier molecular flexibility index (Phi) is 6.18. The van der Waals surface area contributed by atoms with Crippen LogP contribution in [0, 0.1) is 33.5 Å². The van der Waals surface area contributed by atoms with Gasteiger partial charge in [-0.05, 0) is 119 Å². The second kappa shape index (κ2) is 10.4. The van der Waals surface area contributed by atoms with E-state index in [1.165, 1.54) is 54.9 Å². The monoisotopic (exact) mass is 629 g/mol. The minimum Gasteiger partial charge on any atom is -0.359 e. The fourth-order valence-electron chi connectivity index (χ4n) is 7.76. The number of benzene rings is 6. The van der Waals surface area contributed by atoms with Crippen LogP contribution in [0.4, 0.5) is 21.5 Å². The minimum absolute atomic E-state index is 0.215. The van der Waals surface area contributed by atoms with Crippen molar-refractivity contribution in [1.82, 2.24) is 4.98 Å². The Morgan fingerprint density at radius 1 is 0.702 bits per heavy atom. The van der Waals surface area contributed by atoms with E-state index in [4.69, 9.17) is 0 Å². The van der Waals surface area contributed by atoms with Crippen LogP contribution in [0.1, 0.15) is 34.0 Å². The molecular weight excluding hydrogens is 598 g/mol. The van der Waals surface area contributed by atoms with Gasteiger partial charge in [0.15, 0.2) is 0 Å². The molecule has 1 aliphatic heterocycles. The smallest absolute Gasteiger partial charge is 0.132 e. The van der Waals surface area contributed by atoms with Gasteiger partial charge in [0.2, 0.25) is 0 Å². The predicted octanol–water partition coefficient (Wildman–Crippen LogP) is 12.1. The summed E-state index contributed by atoms with van der Waals surface area (Å²) in [4.78, 5) is 6.79. The number of hydrogen-bond acceptors (Lipinski definition) is 4. The zero-order valence-corrected chi connectivity index (χ0v) is 27.5. The third-order valence-corrected chi connectivity index (χ3v) is 11.3. The fourth-order valence-corrected chi connectivity index (χ4v) is 8.98. The first-order valence-electron chi connectivity index (χ1n) is 16.0. The highest BCUT2D eigenvalue weighted by molar-refractivity contribution is 7.26. The molecule has 2 aromatic heterocycles. The lowest BCUT2D eigenvalue weighted by Crippen LogP contribution is -2.25. The van der Waals surface area contributed by atoms with Gasteiger partial charge in [0.25, 0.3) is 0 Å². The molecule has 6 aromatic carbocycles. The van der Waals surface area contributed by atoms with Gasteiger partial charge in [-0.25, -0.2) is 4.39 Å². The first kappa shape index (κ1) is 28.0. The lowest BCUT2D eigenvalue weighted by molar-refractivity contribution is 0.640. The van der Waals surface area contributed by atoms with Crippen LogP contribution in [0.3, 0.4) is 0 Å². The van der Waals surface area contributed by atoms with Crippen LogP contribution in [-0.2, 0) is 0 Å². The number of aromatic nitrogens is 1. The molecule has 0 saturated heterocycles. The van der Waals surface area contributed by atoms with Crippen LogP contribution in [0.2, 0.25) is 0 Å². The van der Waals surface area contributed by atoms with E-state index >= 15 is 4.39 Å². The van der Waals surface area contributed by atoms with E-state index in [0.717, 1.165) is 37.4 Å². The second-order valence-corrected chi connectivity index (χ2v) is 13.8. The molecule has 0 aliphatic carbocycles. The van der Waals surface area contributed by atoms with Crippen LogP contribution < -0.4 is 10.2 Å². The number of anilines is 3. The summed E-state index contributed by atoms with van der Waals surface area (Å²) in [5.41, 5.74) is 11.8. The van der Waals surface area contributed by atoms with Gasteiger partial charge in [-0.1, -0.05) is 60.7 Å². The number of rotatable bonds is 3. The van der Waals surface area contributed by atoms with Gasteiger partial charge >= 0.3 is 0 Å². The SMILES string of the molecule is Cc1cc(-c2ccccc2)cc(C)c1N1c2cc3c(C)c(C)c4ccccc4c3cc2NC1c1ccc(F)c2c1sc1ccncc12. The van der Waals surface area contributed by atoms with Crippen molar-refractivity contribution in [1.29, 1.82) is 0 Å². The molecule has 0 fully saturated rings. The third kappa shape index (κ3) is 4.13. The Morgan fingerprint density at radius 3 is 2.21 bits per heavy atom. The Labute approximate surface area is 276 Å². The molecule has 8 aromatic rings. The van der Waals surface area contributed by atoms with Gasteiger partial charge in [0, 0.05) is 43.8 Å². The summed E-state index contributed by atoms with van der Waals surface area (Å²) in [6.07, 6.45) is 3.32. The van der Waals surface area contributed by atoms with Gasteiger partial charge < -0.3 is 10.2 Å². The van der Waals surface area contributed by atoms with Gasteiger partial charge in [-0.15, -0.1) is 11.3 Å². The number of halogens is 1. The molecule has 1 unspecified atom stereocenters. The summed E-state index contributed by atoms with van der Waals surface area (Å²) in [6.45, 7) is 8.88. The number of thiophene rings is 1. The average molecular weight is 630 g/mol. The number of fused-ring (bicyclic) bond motifs is 7. The maximum Gasteiger partial charge on any atom is 0.132 e. The topological polar surface area (TPSA) is 28.2 Å². The lowest BCUT2D eigenvalue weighted by atomic mass is 9.92. The molecule has 5 heteroatoms. The molecule has 9 rings (SSSR count). The predicted molar refractivity (Wildman–Crippen MR) is 198 cm³/mol. The summed E-state index contributed by atoms with van der Waals surface area (Å²) in [7, 11) is 0. The van der Waals surface area contributed by atoms with Crippen LogP contribution in [0.25, 0.3) is 52.8 Å².